The standard InChI is InChI=1S/C14H18N2OS/c1-2-16(10-11-6-5-9-17-11)14-15-12-7-3-4-8-13(12)18-14/h3-4,7-8,11H,2,5-6,9-10H2,1H3. The first kappa shape index (κ1) is 11.9. The quantitative estimate of drug-likeness (QED) is 0.845. The Morgan fingerprint density at radius 3 is 3.06 bits per heavy atom. The smallest absolute Gasteiger partial charge is 0.186 e. The minimum Gasteiger partial charge on any atom is -0.376 e. The van der Waals surface area contributed by atoms with Crippen LogP contribution in [-0.4, -0.2) is 30.8 Å². The van der Waals surface area contributed by atoms with Crippen molar-refractivity contribution in [3.05, 3.63) is 24.3 Å². The van der Waals surface area contributed by atoms with Gasteiger partial charge in [-0.15, -0.1) is 0 Å². The molecule has 1 aromatic heterocycles. The number of thiazole rings is 1. The van der Waals surface area contributed by atoms with Crippen LogP contribution in [0.5, 0.6) is 0 Å². The van der Waals surface area contributed by atoms with E-state index in [9.17, 15) is 0 Å². The second-order valence-electron chi connectivity index (χ2n) is 4.64. The Morgan fingerprint density at radius 2 is 2.33 bits per heavy atom. The van der Waals surface area contributed by atoms with Crippen LogP contribution in [0.2, 0.25) is 0 Å². The Kier molecular flexibility index (Phi) is 3.48. The van der Waals surface area contributed by atoms with Crippen molar-refractivity contribution in [1.82, 2.24) is 4.98 Å². The van der Waals surface area contributed by atoms with Gasteiger partial charge in [-0.25, -0.2) is 4.98 Å². The van der Waals surface area contributed by atoms with Crippen molar-refractivity contribution in [2.24, 2.45) is 0 Å². The third-order valence-corrected chi connectivity index (χ3v) is 4.48. The minimum atomic E-state index is 0.386. The van der Waals surface area contributed by atoms with Gasteiger partial charge in [-0.1, -0.05) is 23.5 Å². The van der Waals surface area contributed by atoms with Gasteiger partial charge >= 0.3 is 0 Å². The Labute approximate surface area is 111 Å². The van der Waals surface area contributed by atoms with Crippen molar-refractivity contribution in [3.8, 4) is 0 Å². The van der Waals surface area contributed by atoms with E-state index in [4.69, 9.17) is 9.72 Å². The summed E-state index contributed by atoms with van der Waals surface area (Å²) in [6, 6.07) is 8.33. The maximum absolute atomic E-state index is 5.72. The SMILES string of the molecule is CCN(CC1CCCO1)c1nc2ccccc2s1. The van der Waals surface area contributed by atoms with E-state index in [1.54, 1.807) is 11.3 Å². The molecule has 0 saturated carbocycles. The second kappa shape index (κ2) is 5.24. The number of hydrogen-bond acceptors (Lipinski definition) is 4. The Morgan fingerprint density at radius 1 is 1.44 bits per heavy atom. The number of ether oxygens (including phenoxy) is 1. The number of anilines is 1. The lowest BCUT2D eigenvalue weighted by Gasteiger charge is -2.22. The largest absolute Gasteiger partial charge is 0.376 e. The molecule has 1 fully saturated rings. The van der Waals surface area contributed by atoms with Crippen LogP contribution in [0.15, 0.2) is 24.3 Å². The van der Waals surface area contributed by atoms with Gasteiger partial charge in [0.25, 0.3) is 0 Å². The summed E-state index contributed by atoms with van der Waals surface area (Å²) in [5.41, 5.74) is 1.10. The highest BCUT2D eigenvalue weighted by Gasteiger charge is 2.20. The number of likely N-dealkylation sites (N-methyl/N-ethyl adjacent to an activating group) is 1. The first-order chi connectivity index (χ1) is 8.86. The highest BCUT2D eigenvalue weighted by atomic mass is 32.1. The lowest BCUT2D eigenvalue weighted by Crippen LogP contribution is -2.31. The van der Waals surface area contributed by atoms with Gasteiger partial charge in [0.2, 0.25) is 0 Å². The summed E-state index contributed by atoms with van der Waals surface area (Å²) in [7, 11) is 0. The second-order valence-corrected chi connectivity index (χ2v) is 5.65. The van der Waals surface area contributed by atoms with Crippen LogP contribution in [-0.2, 0) is 4.74 Å². The fourth-order valence-electron chi connectivity index (χ4n) is 2.37. The lowest BCUT2D eigenvalue weighted by molar-refractivity contribution is 0.115. The van der Waals surface area contributed by atoms with Crippen molar-refractivity contribution in [3.63, 3.8) is 0 Å². The molecule has 3 rings (SSSR count). The molecule has 0 aliphatic carbocycles. The van der Waals surface area contributed by atoms with Crippen LogP contribution < -0.4 is 4.90 Å². The number of benzene rings is 1. The van der Waals surface area contributed by atoms with E-state index >= 15 is 0 Å². The molecule has 96 valence electrons. The highest BCUT2D eigenvalue weighted by Crippen LogP contribution is 2.29. The molecule has 18 heavy (non-hydrogen) atoms. The van der Waals surface area contributed by atoms with Gasteiger partial charge in [0, 0.05) is 19.7 Å². The molecule has 1 aliphatic rings. The fourth-order valence-corrected chi connectivity index (χ4v) is 3.41. The Bertz CT molecular complexity index is 486. The molecule has 0 N–H and O–H groups in total. The first-order valence-electron chi connectivity index (χ1n) is 6.59. The summed E-state index contributed by atoms with van der Waals surface area (Å²) in [5.74, 6) is 0. The average Bonchev–Trinajstić information content (AvgIpc) is 3.04. The van der Waals surface area contributed by atoms with E-state index in [1.165, 1.54) is 17.5 Å². The van der Waals surface area contributed by atoms with Crippen molar-refractivity contribution in [2.75, 3.05) is 24.6 Å². The molecule has 0 amide bonds. The summed E-state index contributed by atoms with van der Waals surface area (Å²) in [6.45, 7) is 5.05. The van der Waals surface area contributed by atoms with E-state index < -0.39 is 0 Å². The molecule has 1 aromatic carbocycles. The normalized spacial score (nSPS) is 19.5. The number of nitrogens with zero attached hydrogens (tertiary/aromatic N) is 2. The van der Waals surface area contributed by atoms with Crippen molar-refractivity contribution >= 4 is 26.7 Å². The molecule has 1 unspecified atom stereocenters. The number of rotatable bonds is 4. The molecule has 1 aliphatic heterocycles. The molecule has 2 heterocycles. The minimum absolute atomic E-state index is 0.386. The summed E-state index contributed by atoms with van der Waals surface area (Å²) >= 11 is 1.77. The lowest BCUT2D eigenvalue weighted by atomic mass is 10.2. The molecule has 2 aromatic rings. The zero-order valence-corrected chi connectivity index (χ0v) is 11.4. The van der Waals surface area contributed by atoms with Gasteiger partial charge in [0.05, 0.1) is 16.3 Å². The van der Waals surface area contributed by atoms with E-state index in [2.05, 4.69) is 30.0 Å². The summed E-state index contributed by atoms with van der Waals surface area (Å²) < 4.78 is 6.98. The summed E-state index contributed by atoms with van der Waals surface area (Å²) in [5, 5.41) is 1.12. The van der Waals surface area contributed by atoms with Crippen LogP contribution in [0.25, 0.3) is 10.2 Å². The molecule has 1 saturated heterocycles. The van der Waals surface area contributed by atoms with E-state index in [-0.39, 0.29) is 0 Å². The average molecular weight is 262 g/mol. The van der Waals surface area contributed by atoms with Crippen molar-refractivity contribution < 1.29 is 4.74 Å². The van der Waals surface area contributed by atoms with Gasteiger partial charge in [-0.3, -0.25) is 0 Å². The third kappa shape index (κ3) is 2.35. The van der Waals surface area contributed by atoms with E-state index in [0.29, 0.717) is 6.10 Å². The number of hydrogen-bond donors (Lipinski definition) is 0. The summed E-state index contributed by atoms with van der Waals surface area (Å²) in [4.78, 5) is 7.05. The maximum atomic E-state index is 5.72. The maximum Gasteiger partial charge on any atom is 0.186 e. The number of fused-ring (bicyclic) bond motifs is 1. The van der Waals surface area contributed by atoms with Gasteiger partial charge in [-0.05, 0) is 31.9 Å². The molecule has 0 radical (unpaired) electrons. The van der Waals surface area contributed by atoms with E-state index in [1.807, 2.05) is 6.07 Å². The predicted octanol–water partition coefficient (Wildman–Crippen LogP) is 3.30. The first-order valence-corrected chi connectivity index (χ1v) is 7.40. The summed E-state index contributed by atoms with van der Waals surface area (Å²) in [6.07, 6.45) is 2.76. The Balaban J connectivity index is 1.81. The third-order valence-electron chi connectivity index (χ3n) is 3.38. The van der Waals surface area contributed by atoms with Crippen LogP contribution >= 0.6 is 11.3 Å². The van der Waals surface area contributed by atoms with Crippen LogP contribution in [0.1, 0.15) is 19.8 Å². The monoisotopic (exact) mass is 262 g/mol. The van der Waals surface area contributed by atoms with Gasteiger partial charge in [-0.2, -0.15) is 0 Å². The zero-order valence-electron chi connectivity index (χ0n) is 10.6. The molecular formula is C14H18N2OS. The van der Waals surface area contributed by atoms with Gasteiger partial charge < -0.3 is 9.64 Å². The van der Waals surface area contributed by atoms with Gasteiger partial charge in [0.1, 0.15) is 0 Å². The predicted molar refractivity (Wildman–Crippen MR) is 76.5 cm³/mol. The molecule has 0 spiro atoms. The topological polar surface area (TPSA) is 25.4 Å². The zero-order chi connectivity index (χ0) is 12.4. The molecular weight excluding hydrogens is 244 g/mol. The molecule has 3 nitrogen and oxygen atoms in total. The van der Waals surface area contributed by atoms with E-state index in [0.717, 1.165) is 30.3 Å². The number of aromatic nitrogens is 1. The van der Waals surface area contributed by atoms with Crippen molar-refractivity contribution in [1.29, 1.82) is 0 Å². The van der Waals surface area contributed by atoms with Crippen LogP contribution in [0.4, 0.5) is 5.13 Å². The molecule has 4 heteroatoms. The fraction of sp³-hybridized carbons (Fsp3) is 0.500. The van der Waals surface area contributed by atoms with Crippen molar-refractivity contribution in [2.45, 2.75) is 25.9 Å². The van der Waals surface area contributed by atoms with Crippen LogP contribution in [0.3, 0.4) is 0 Å². The van der Waals surface area contributed by atoms with Crippen LogP contribution in [0, 0.1) is 0 Å². The van der Waals surface area contributed by atoms with Gasteiger partial charge in [0.15, 0.2) is 5.13 Å². The highest BCUT2D eigenvalue weighted by molar-refractivity contribution is 7.22. The molecule has 1 atom stereocenters. The Hall–Kier alpha value is -1.13. The molecule has 0 bridgehead atoms. The number of para-hydroxylation sites is 1.